The quantitative estimate of drug-likeness (QED) is 0.251. The number of methoxy groups -OCH3 is 2. The van der Waals surface area contributed by atoms with Gasteiger partial charge in [0.1, 0.15) is 22.6 Å². The summed E-state index contributed by atoms with van der Waals surface area (Å²) in [6.45, 7) is 6.57. The van der Waals surface area contributed by atoms with Gasteiger partial charge < -0.3 is 14.8 Å². The van der Waals surface area contributed by atoms with Crippen LogP contribution < -0.4 is 14.8 Å². The fourth-order valence-electron chi connectivity index (χ4n) is 2.76. The molecule has 0 aromatic heterocycles. The summed E-state index contributed by atoms with van der Waals surface area (Å²) >= 11 is 7.75. The number of ether oxygens (including phenoxy) is 2. The molecule has 0 fully saturated rings. The molecule has 0 spiro atoms. The van der Waals surface area contributed by atoms with Crippen molar-refractivity contribution in [2.75, 3.05) is 14.2 Å². The molecule has 0 saturated heterocycles. The fourth-order valence-corrected chi connectivity index (χ4v) is 3.72. The van der Waals surface area contributed by atoms with Crippen molar-refractivity contribution in [2.45, 2.75) is 27.3 Å². The smallest absolute Gasteiger partial charge is 0.125 e. The average Bonchev–Trinajstić information content (AvgIpc) is 2.68. The molecule has 0 aliphatic rings. The third-order valence-corrected chi connectivity index (χ3v) is 6.05. The fraction of sp³-hybridized carbons (Fsp3) is 0.273. The van der Waals surface area contributed by atoms with Crippen LogP contribution in [0.15, 0.2) is 29.8 Å². The second-order valence-corrected chi connectivity index (χ2v) is 7.99. The highest BCUT2D eigenvalue weighted by atomic mass is 127. The van der Waals surface area contributed by atoms with E-state index in [9.17, 15) is 5.26 Å². The van der Waals surface area contributed by atoms with Crippen LogP contribution in [0.3, 0.4) is 0 Å². The molecular formula is C22H23IN2O2S. The van der Waals surface area contributed by atoms with Crippen molar-refractivity contribution in [2.24, 2.45) is 0 Å². The van der Waals surface area contributed by atoms with Gasteiger partial charge in [-0.15, -0.1) is 0 Å². The van der Waals surface area contributed by atoms with E-state index in [2.05, 4.69) is 60.0 Å². The van der Waals surface area contributed by atoms with Crippen molar-refractivity contribution in [1.29, 1.82) is 5.26 Å². The Labute approximate surface area is 185 Å². The Hall–Kier alpha value is -2.11. The molecule has 146 valence electrons. The number of hydrogen-bond acceptors (Lipinski definition) is 4. The largest absolute Gasteiger partial charge is 0.496 e. The lowest BCUT2D eigenvalue weighted by Crippen LogP contribution is -2.22. The van der Waals surface area contributed by atoms with E-state index in [0.717, 1.165) is 28.2 Å². The van der Waals surface area contributed by atoms with Gasteiger partial charge in [0.2, 0.25) is 0 Å². The summed E-state index contributed by atoms with van der Waals surface area (Å²) in [7, 11) is 3.26. The van der Waals surface area contributed by atoms with Crippen molar-refractivity contribution < 1.29 is 9.47 Å². The van der Waals surface area contributed by atoms with Crippen molar-refractivity contribution in [1.82, 2.24) is 5.32 Å². The molecule has 6 heteroatoms. The maximum atomic E-state index is 9.56. The molecule has 28 heavy (non-hydrogen) atoms. The molecule has 4 nitrogen and oxygen atoms in total. The summed E-state index contributed by atoms with van der Waals surface area (Å²) in [5.74, 6) is 1.51. The summed E-state index contributed by atoms with van der Waals surface area (Å²) in [6, 6.07) is 10.2. The van der Waals surface area contributed by atoms with E-state index in [1.54, 1.807) is 14.2 Å². The Morgan fingerprint density at radius 3 is 2.21 bits per heavy atom. The minimum Gasteiger partial charge on any atom is -0.496 e. The van der Waals surface area contributed by atoms with Crippen molar-refractivity contribution >= 4 is 45.9 Å². The zero-order valence-electron chi connectivity index (χ0n) is 16.6. The number of halogens is 1. The second kappa shape index (κ2) is 9.89. The zero-order chi connectivity index (χ0) is 20.8. The van der Waals surface area contributed by atoms with Crippen LogP contribution in [0.5, 0.6) is 11.5 Å². The lowest BCUT2D eigenvalue weighted by Gasteiger charge is -2.14. The van der Waals surface area contributed by atoms with Crippen LogP contribution in [0.1, 0.15) is 27.8 Å². The van der Waals surface area contributed by atoms with Crippen molar-refractivity contribution in [3.8, 4) is 17.6 Å². The van der Waals surface area contributed by atoms with Gasteiger partial charge >= 0.3 is 0 Å². The summed E-state index contributed by atoms with van der Waals surface area (Å²) in [4.78, 5) is 0.411. The predicted molar refractivity (Wildman–Crippen MR) is 126 cm³/mol. The molecule has 0 aliphatic carbocycles. The predicted octanol–water partition coefficient (Wildman–Crippen LogP) is 5.26. The maximum Gasteiger partial charge on any atom is 0.125 e. The number of hydrogen-bond donors (Lipinski definition) is 1. The minimum atomic E-state index is 0.411. The van der Waals surface area contributed by atoms with Gasteiger partial charge in [-0.05, 0) is 89.9 Å². The van der Waals surface area contributed by atoms with Gasteiger partial charge in [0.15, 0.2) is 0 Å². The van der Waals surface area contributed by atoms with Gasteiger partial charge in [0.05, 0.1) is 19.8 Å². The molecule has 2 rings (SSSR count). The molecule has 0 aliphatic heterocycles. The molecule has 0 bridgehead atoms. The van der Waals surface area contributed by atoms with E-state index in [1.165, 1.54) is 14.7 Å². The third-order valence-electron chi connectivity index (χ3n) is 4.57. The van der Waals surface area contributed by atoms with Crippen LogP contribution >= 0.6 is 34.8 Å². The Balaban J connectivity index is 2.21. The van der Waals surface area contributed by atoms with Gasteiger partial charge in [0.25, 0.3) is 0 Å². The molecule has 2 aromatic rings. The number of rotatable bonds is 6. The van der Waals surface area contributed by atoms with Crippen LogP contribution in [0, 0.1) is 35.7 Å². The van der Waals surface area contributed by atoms with Gasteiger partial charge in [-0.3, -0.25) is 0 Å². The first-order chi connectivity index (χ1) is 13.3. The summed E-state index contributed by atoms with van der Waals surface area (Å²) in [6.07, 6.45) is 1.82. The third kappa shape index (κ3) is 5.24. The molecule has 0 unspecified atom stereocenters. The standard InChI is InChI=1S/C22H23IN2O2S/c1-13-6-16(8-19(23)14(13)2)7-18(11-24)22(28)25-12-17-9-20(26-4)15(3)21(10-17)27-5/h6-10H,12H2,1-5H3,(H,25,28)/b18-7+. The van der Waals surface area contributed by atoms with E-state index in [-0.39, 0.29) is 0 Å². The van der Waals surface area contributed by atoms with E-state index in [1.807, 2.05) is 25.1 Å². The first kappa shape index (κ1) is 22.2. The van der Waals surface area contributed by atoms with Crippen LogP contribution in [0.2, 0.25) is 0 Å². The van der Waals surface area contributed by atoms with Crippen LogP contribution in [-0.4, -0.2) is 19.2 Å². The number of benzene rings is 2. The average molecular weight is 506 g/mol. The van der Waals surface area contributed by atoms with Gasteiger partial charge in [-0.25, -0.2) is 0 Å². The number of aryl methyl sites for hydroxylation is 1. The maximum absolute atomic E-state index is 9.56. The monoisotopic (exact) mass is 506 g/mol. The SMILES string of the molecule is COc1cc(CNC(=S)/C(C#N)=C/c2cc(C)c(C)c(I)c2)cc(OC)c1C. The number of nitriles is 1. The van der Waals surface area contributed by atoms with E-state index in [0.29, 0.717) is 17.1 Å². The molecule has 0 radical (unpaired) electrons. The van der Waals surface area contributed by atoms with Crippen molar-refractivity contribution in [3.05, 3.63) is 61.2 Å². The highest BCUT2D eigenvalue weighted by molar-refractivity contribution is 14.1. The van der Waals surface area contributed by atoms with Gasteiger partial charge in [0, 0.05) is 15.7 Å². The highest BCUT2D eigenvalue weighted by Gasteiger charge is 2.10. The molecule has 1 N–H and O–H groups in total. The Kier molecular flexibility index (Phi) is 7.84. The van der Waals surface area contributed by atoms with E-state index < -0.39 is 0 Å². The number of nitrogens with one attached hydrogen (secondary N) is 1. The topological polar surface area (TPSA) is 54.3 Å². The molecule has 0 heterocycles. The van der Waals surface area contributed by atoms with Crippen LogP contribution in [0.4, 0.5) is 0 Å². The normalized spacial score (nSPS) is 11.0. The lowest BCUT2D eigenvalue weighted by atomic mass is 10.0. The van der Waals surface area contributed by atoms with E-state index in [4.69, 9.17) is 21.7 Å². The van der Waals surface area contributed by atoms with Crippen molar-refractivity contribution in [3.63, 3.8) is 0 Å². The van der Waals surface area contributed by atoms with Crippen LogP contribution in [0.25, 0.3) is 6.08 Å². The second-order valence-electron chi connectivity index (χ2n) is 6.42. The van der Waals surface area contributed by atoms with Gasteiger partial charge in [-0.1, -0.05) is 18.3 Å². The number of nitrogens with zero attached hydrogens (tertiary/aromatic N) is 1. The first-order valence-corrected chi connectivity index (χ1v) is 10.2. The number of thiocarbonyl (C=S) groups is 1. The molecule has 0 atom stereocenters. The molecule has 0 saturated carbocycles. The molecule has 0 amide bonds. The van der Waals surface area contributed by atoms with Crippen LogP contribution in [-0.2, 0) is 6.54 Å². The lowest BCUT2D eigenvalue weighted by molar-refractivity contribution is 0.388. The molecule has 2 aromatic carbocycles. The van der Waals surface area contributed by atoms with Gasteiger partial charge in [-0.2, -0.15) is 5.26 Å². The summed E-state index contributed by atoms with van der Waals surface area (Å²) in [5.41, 5.74) is 5.73. The summed E-state index contributed by atoms with van der Waals surface area (Å²) < 4.78 is 12.0. The Bertz CT molecular complexity index is 929. The Morgan fingerprint density at radius 2 is 1.71 bits per heavy atom. The first-order valence-electron chi connectivity index (χ1n) is 8.69. The highest BCUT2D eigenvalue weighted by Crippen LogP contribution is 2.29. The Morgan fingerprint density at radius 1 is 1.11 bits per heavy atom. The molecular weight excluding hydrogens is 483 g/mol. The van der Waals surface area contributed by atoms with E-state index >= 15 is 0 Å². The zero-order valence-corrected chi connectivity index (χ0v) is 19.6. The summed E-state index contributed by atoms with van der Waals surface area (Å²) in [5, 5.41) is 12.7. The minimum absolute atomic E-state index is 0.411.